The number of nitrogens with zero attached hydrogens (tertiary/aromatic N) is 1. The number of esters is 1. The number of hydrogen-bond donors (Lipinski definition) is 0. The normalized spacial score (nSPS) is 26.9. The minimum atomic E-state index is -0.612. The van der Waals surface area contributed by atoms with Crippen molar-refractivity contribution in [3.8, 4) is 0 Å². The first-order valence-corrected chi connectivity index (χ1v) is 8.21. The van der Waals surface area contributed by atoms with Gasteiger partial charge in [0, 0.05) is 12.2 Å². The molecule has 1 aromatic carbocycles. The van der Waals surface area contributed by atoms with E-state index < -0.39 is 16.9 Å². The highest BCUT2D eigenvalue weighted by Crippen LogP contribution is 2.54. The summed E-state index contributed by atoms with van der Waals surface area (Å²) in [6, 6.07) is 9.17. The highest BCUT2D eigenvalue weighted by molar-refractivity contribution is 8.00. The van der Waals surface area contributed by atoms with Crippen molar-refractivity contribution in [1.29, 1.82) is 0 Å². The van der Waals surface area contributed by atoms with Gasteiger partial charge in [-0.3, -0.25) is 9.59 Å². The number of carbonyl (C=O) groups excluding carboxylic acids is 3. The van der Waals surface area contributed by atoms with E-state index in [1.54, 1.807) is 16.7 Å². The molecule has 2 aliphatic heterocycles. The number of carbonyl (C=O) groups is 3. The number of ketones is 1. The number of ether oxygens (including phenoxy) is 1. The first-order chi connectivity index (χ1) is 10.5. The Kier molecular flexibility index (Phi) is 3.95. The molecule has 0 saturated carbocycles. The zero-order valence-corrected chi connectivity index (χ0v) is 13.1. The fourth-order valence-corrected chi connectivity index (χ4v) is 4.72. The molecule has 22 heavy (non-hydrogen) atoms. The van der Waals surface area contributed by atoms with Crippen LogP contribution in [0.15, 0.2) is 30.3 Å². The Balaban J connectivity index is 1.87. The molecule has 2 saturated heterocycles. The van der Waals surface area contributed by atoms with Gasteiger partial charge in [-0.1, -0.05) is 30.3 Å². The molecule has 2 fully saturated rings. The molecule has 0 unspecified atom stereocenters. The summed E-state index contributed by atoms with van der Waals surface area (Å²) < 4.78 is 5.03. The lowest BCUT2D eigenvalue weighted by Crippen LogP contribution is -2.46. The van der Waals surface area contributed by atoms with Crippen molar-refractivity contribution in [3.63, 3.8) is 0 Å². The fraction of sp³-hybridized carbons (Fsp3) is 0.438. The molecule has 0 N–H and O–H groups in total. The van der Waals surface area contributed by atoms with E-state index in [9.17, 15) is 14.4 Å². The van der Waals surface area contributed by atoms with Gasteiger partial charge in [0.1, 0.15) is 17.5 Å². The Bertz CT molecular complexity index is 618. The molecule has 2 heterocycles. The molecular formula is C16H17NO4S. The number of rotatable bonds is 4. The summed E-state index contributed by atoms with van der Waals surface area (Å²) in [4.78, 5) is 36.7. The molecule has 1 aromatic rings. The van der Waals surface area contributed by atoms with Crippen molar-refractivity contribution in [1.82, 2.24) is 4.90 Å². The van der Waals surface area contributed by atoms with Gasteiger partial charge in [0.25, 0.3) is 0 Å². The second-order valence-electron chi connectivity index (χ2n) is 5.55. The van der Waals surface area contributed by atoms with Gasteiger partial charge >= 0.3 is 5.97 Å². The minimum absolute atomic E-state index is 0.0290. The van der Waals surface area contributed by atoms with E-state index in [0.717, 1.165) is 5.56 Å². The average molecular weight is 319 g/mol. The lowest BCUT2D eigenvalue weighted by atomic mass is 10.0. The quantitative estimate of drug-likeness (QED) is 0.791. The summed E-state index contributed by atoms with van der Waals surface area (Å²) in [5.74, 6) is -0.229. The smallest absolute Gasteiger partial charge is 0.330 e. The molecule has 2 atom stereocenters. The molecule has 0 spiro atoms. The molecule has 0 aliphatic carbocycles. The third-order valence-electron chi connectivity index (χ3n) is 4.04. The van der Waals surface area contributed by atoms with Crippen LogP contribution in [0, 0.1) is 0 Å². The van der Waals surface area contributed by atoms with Gasteiger partial charge in [-0.15, -0.1) is 11.8 Å². The van der Waals surface area contributed by atoms with Crippen molar-refractivity contribution in [3.05, 3.63) is 35.9 Å². The standard InChI is InChI=1S/C16H17NO4S/c1-11(18)9-21-15(20)13-10-22-16(8-7-14(19)17(13)16)12-5-3-2-4-6-12/h2-6,13H,7-10H2,1H3/t13-,16-/m0/s1. The van der Waals surface area contributed by atoms with E-state index in [4.69, 9.17) is 4.74 Å². The van der Waals surface area contributed by atoms with Crippen molar-refractivity contribution in [2.24, 2.45) is 0 Å². The largest absolute Gasteiger partial charge is 0.456 e. The van der Waals surface area contributed by atoms with Crippen LogP contribution in [0.25, 0.3) is 0 Å². The van der Waals surface area contributed by atoms with Crippen LogP contribution >= 0.6 is 11.8 Å². The number of amides is 1. The number of fused-ring (bicyclic) bond motifs is 1. The summed E-state index contributed by atoms with van der Waals surface area (Å²) in [7, 11) is 0. The fourth-order valence-electron chi connectivity index (χ4n) is 3.09. The summed E-state index contributed by atoms with van der Waals surface area (Å²) in [5, 5.41) is 0. The highest BCUT2D eigenvalue weighted by atomic mass is 32.2. The minimum Gasteiger partial charge on any atom is -0.456 e. The first-order valence-electron chi connectivity index (χ1n) is 7.22. The number of Topliss-reactive ketones (excluding diaryl/α,β-unsaturated/α-hetero) is 1. The van der Waals surface area contributed by atoms with Crippen LogP contribution in [0.4, 0.5) is 0 Å². The molecule has 0 aromatic heterocycles. The molecule has 2 aliphatic rings. The summed E-state index contributed by atoms with van der Waals surface area (Å²) in [6.07, 6.45) is 1.12. The maximum atomic E-state index is 12.3. The van der Waals surface area contributed by atoms with Crippen LogP contribution < -0.4 is 0 Å². The molecule has 0 bridgehead atoms. The summed E-state index contributed by atoms with van der Waals surface area (Å²) in [5.41, 5.74) is 1.03. The molecule has 5 nitrogen and oxygen atoms in total. The average Bonchev–Trinajstić information content (AvgIpc) is 3.06. The topological polar surface area (TPSA) is 63.7 Å². The van der Waals surface area contributed by atoms with Crippen molar-refractivity contribution in [2.75, 3.05) is 12.4 Å². The maximum Gasteiger partial charge on any atom is 0.330 e. The predicted octanol–water partition coefficient (Wildman–Crippen LogP) is 1.71. The Labute approximate surface area is 133 Å². The third kappa shape index (κ3) is 2.41. The predicted molar refractivity (Wildman–Crippen MR) is 82.1 cm³/mol. The van der Waals surface area contributed by atoms with E-state index >= 15 is 0 Å². The number of hydrogen-bond acceptors (Lipinski definition) is 5. The zero-order chi connectivity index (χ0) is 15.7. The van der Waals surface area contributed by atoms with Crippen LogP contribution in [0.3, 0.4) is 0 Å². The van der Waals surface area contributed by atoms with Gasteiger partial charge in [0.05, 0.1) is 0 Å². The molecule has 1 amide bonds. The molecule has 3 rings (SSSR count). The monoisotopic (exact) mass is 319 g/mol. The van der Waals surface area contributed by atoms with Crippen molar-refractivity contribution < 1.29 is 19.1 Å². The highest BCUT2D eigenvalue weighted by Gasteiger charge is 2.57. The van der Waals surface area contributed by atoms with Crippen LogP contribution in [0.1, 0.15) is 25.3 Å². The van der Waals surface area contributed by atoms with Gasteiger partial charge in [-0.2, -0.15) is 0 Å². The van der Waals surface area contributed by atoms with Crippen LogP contribution in [0.2, 0.25) is 0 Å². The lowest BCUT2D eigenvalue weighted by Gasteiger charge is -2.33. The van der Waals surface area contributed by atoms with E-state index in [1.807, 2.05) is 30.3 Å². The molecule has 6 heteroatoms. The number of thioether (sulfide) groups is 1. The van der Waals surface area contributed by atoms with Crippen LogP contribution in [-0.2, 0) is 24.0 Å². The maximum absolute atomic E-state index is 12.3. The first kappa shape index (κ1) is 15.1. The van der Waals surface area contributed by atoms with E-state index in [2.05, 4.69) is 0 Å². The second kappa shape index (κ2) is 5.76. The van der Waals surface area contributed by atoms with Gasteiger partial charge < -0.3 is 9.64 Å². The molecular weight excluding hydrogens is 302 g/mol. The summed E-state index contributed by atoms with van der Waals surface area (Å²) in [6.45, 7) is 1.13. The third-order valence-corrected chi connectivity index (χ3v) is 5.64. The Morgan fingerprint density at radius 2 is 2.09 bits per heavy atom. The van der Waals surface area contributed by atoms with E-state index in [1.165, 1.54) is 6.92 Å². The van der Waals surface area contributed by atoms with E-state index in [-0.39, 0.29) is 18.3 Å². The Hall–Kier alpha value is -1.82. The Morgan fingerprint density at radius 3 is 2.77 bits per heavy atom. The molecule has 0 radical (unpaired) electrons. The number of benzene rings is 1. The lowest BCUT2D eigenvalue weighted by molar-refractivity contribution is -0.155. The second-order valence-corrected chi connectivity index (χ2v) is 6.85. The van der Waals surface area contributed by atoms with Crippen molar-refractivity contribution >= 4 is 29.4 Å². The zero-order valence-electron chi connectivity index (χ0n) is 12.3. The van der Waals surface area contributed by atoms with Gasteiger partial charge in [-0.25, -0.2) is 4.79 Å². The van der Waals surface area contributed by atoms with E-state index in [0.29, 0.717) is 18.6 Å². The van der Waals surface area contributed by atoms with Crippen LogP contribution in [-0.4, -0.2) is 41.0 Å². The SMILES string of the molecule is CC(=O)COC(=O)[C@@H]1CS[C@]2(c3ccccc3)CCC(=O)N12. The van der Waals surface area contributed by atoms with Gasteiger partial charge in [0.15, 0.2) is 5.78 Å². The summed E-state index contributed by atoms with van der Waals surface area (Å²) >= 11 is 1.61. The van der Waals surface area contributed by atoms with Crippen molar-refractivity contribution in [2.45, 2.75) is 30.7 Å². The van der Waals surface area contributed by atoms with Gasteiger partial charge in [0.2, 0.25) is 5.91 Å². The Morgan fingerprint density at radius 1 is 1.36 bits per heavy atom. The van der Waals surface area contributed by atoms with Gasteiger partial charge in [-0.05, 0) is 18.9 Å². The molecule has 116 valence electrons. The van der Waals surface area contributed by atoms with Crippen LogP contribution in [0.5, 0.6) is 0 Å².